The smallest absolute Gasteiger partial charge is 0.193 e. The molecule has 1 aliphatic rings. The molecule has 0 saturated heterocycles. The minimum absolute atomic E-state index is 0. The predicted molar refractivity (Wildman–Crippen MR) is 102 cm³/mol. The number of likely N-dealkylation sites (N-methyl/N-ethyl adjacent to an activating group) is 1. The van der Waals surface area contributed by atoms with Gasteiger partial charge in [0.2, 0.25) is 0 Å². The molecule has 0 atom stereocenters. The molecule has 0 spiro atoms. The summed E-state index contributed by atoms with van der Waals surface area (Å²) in [5.41, 5.74) is 0. The van der Waals surface area contributed by atoms with Crippen molar-refractivity contribution in [1.82, 2.24) is 10.2 Å². The van der Waals surface area contributed by atoms with Gasteiger partial charge in [0.25, 0.3) is 0 Å². The summed E-state index contributed by atoms with van der Waals surface area (Å²) in [7, 11) is -1.02. The number of hydrogen-bond acceptors (Lipinski definition) is 4. The number of nitrogens with one attached hydrogen (secondary N) is 1. The average Bonchev–Trinajstić information content (AvgIpc) is 3.26. The van der Waals surface area contributed by atoms with Gasteiger partial charge in [0, 0.05) is 32.5 Å². The number of hydrogen-bond donors (Lipinski definition) is 1. The summed E-state index contributed by atoms with van der Waals surface area (Å²) in [5, 5.41) is 3.17. The largest absolute Gasteiger partial charge is 0.379 e. The molecule has 132 valence electrons. The standard InChI is InChI=1S/C14H29N3O3S.HI/c1-4-15-14(16-8-11-21(18,19)5-2)17(3)9-10-20-12-13-6-7-13;/h13H,4-12H2,1-3H3,(H,15,16);1H. The first-order valence-electron chi connectivity index (χ1n) is 7.76. The van der Waals surface area contributed by atoms with Gasteiger partial charge in [-0.3, -0.25) is 4.99 Å². The third-order valence-electron chi connectivity index (χ3n) is 3.42. The van der Waals surface area contributed by atoms with E-state index < -0.39 is 9.84 Å². The Hall–Kier alpha value is -0.0900. The third-order valence-corrected chi connectivity index (χ3v) is 5.11. The van der Waals surface area contributed by atoms with Crippen molar-refractivity contribution in [2.45, 2.75) is 26.7 Å². The van der Waals surface area contributed by atoms with Crippen LogP contribution in [0.3, 0.4) is 0 Å². The lowest BCUT2D eigenvalue weighted by molar-refractivity contribution is 0.115. The van der Waals surface area contributed by atoms with Crippen molar-refractivity contribution in [2.75, 3.05) is 51.4 Å². The molecule has 0 aromatic carbocycles. The molecule has 1 aliphatic carbocycles. The number of guanidine groups is 1. The topological polar surface area (TPSA) is 71.0 Å². The van der Waals surface area contributed by atoms with Crippen molar-refractivity contribution in [2.24, 2.45) is 10.9 Å². The summed E-state index contributed by atoms with van der Waals surface area (Å²) >= 11 is 0. The van der Waals surface area contributed by atoms with Gasteiger partial charge < -0.3 is 15.0 Å². The van der Waals surface area contributed by atoms with Crippen LogP contribution in [0.15, 0.2) is 4.99 Å². The Bertz CT molecular complexity index is 425. The zero-order chi connectivity index (χ0) is 15.7. The molecule has 0 radical (unpaired) electrons. The van der Waals surface area contributed by atoms with Gasteiger partial charge in [-0.15, -0.1) is 24.0 Å². The summed E-state index contributed by atoms with van der Waals surface area (Å²) in [5.74, 6) is 1.78. The van der Waals surface area contributed by atoms with Crippen LogP contribution in [-0.2, 0) is 14.6 Å². The number of sulfone groups is 1. The van der Waals surface area contributed by atoms with E-state index in [1.807, 2.05) is 18.9 Å². The summed E-state index contributed by atoms with van der Waals surface area (Å²) in [4.78, 5) is 6.35. The first kappa shape index (κ1) is 21.9. The average molecular weight is 447 g/mol. The van der Waals surface area contributed by atoms with Crippen LogP contribution >= 0.6 is 24.0 Å². The van der Waals surface area contributed by atoms with Gasteiger partial charge in [0.15, 0.2) is 15.8 Å². The zero-order valence-corrected chi connectivity index (χ0v) is 17.0. The molecule has 8 heteroatoms. The molecule has 0 aromatic rings. The molecule has 1 N–H and O–H groups in total. The van der Waals surface area contributed by atoms with Crippen LogP contribution in [-0.4, -0.2) is 70.7 Å². The lowest BCUT2D eigenvalue weighted by Crippen LogP contribution is -2.41. The Kier molecular flexibility index (Phi) is 11.4. The Morgan fingerprint density at radius 3 is 2.59 bits per heavy atom. The van der Waals surface area contributed by atoms with E-state index in [2.05, 4.69) is 10.3 Å². The van der Waals surface area contributed by atoms with E-state index in [1.165, 1.54) is 12.8 Å². The first-order chi connectivity index (χ1) is 9.98. The molecule has 1 rings (SSSR count). The molecule has 0 aliphatic heterocycles. The highest BCUT2D eigenvalue weighted by Crippen LogP contribution is 2.28. The van der Waals surface area contributed by atoms with E-state index in [-0.39, 0.29) is 35.5 Å². The Balaban J connectivity index is 0.00000441. The second-order valence-electron chi connectivity index (χ2n) is 5.41. The maximum atomic E-state index is 11.5. The molecule has 6 nitrogen and oxygen atoms in total. The van der Waals surface area contributed by atoms with E-state index in [1.54, 1.807) is 6.92 Å². The van der Waals surface area contributed by atoms with E-state index in [0.29, 0.717) is 13.2 Å². The van der Waals surface area contributed by atoms with Gasteiger partial charge in [0.1, 0.15) is 0 Å². The van der Waals surface area contributed by atoms with Crippen molar-refractivity contribution in [3.05, 3.63) is 0 Å². The Labute approximate surface area is 152 Å². The van der Waals surface area contributed by atoms with Gasteiger partial charge in [0.05, 0.1) is 18.9 Å². The van der Waals surface area contributed by atoms with Gasteiger partial charge >= 0.3 is 0 Å². The second-order valence-corrected chi connectivity index (χ2v) is 7.88. The third kappa shape index (κ3) is 9.83. The summed E-state index contributed by atoms with van der Waals surface area (Å²) < 4.78 is 28.5. The minimum Gasteiger partial charge on any atom is -0.379 e. The maximum absolute atomic E-state index is 11.5. The highest BCUT2D eigenvalue weighted by Gasteiger charge is 2.21. The fraction of sp³-hybridized carbons (Fsp3) is 0.929. The van der Waals surface area contributed by atoms with E-state index in [0.717, 1.165) is 31.6 Å². The van der Waals surface area contributed by atoms with E-state index >= 15 is 0 Å². The summed E-state index contributed by atoms with van der Waals surface area (Å²) in [6.07, 6.45) is 2.59. The SMILES string of the molecule is CCNC(=NCCS(=O)(=O)CC)N(C)CCOCC1CC1.I. The molecule has 22 heavy (non-hydrogen) atoms. The molecule has 1 saturated carbocycles. The predicted octanol–water partition coefficient (Wildman–Crippen LogP) is 1.36. The summed E-state index contributed by atoms with van der Waals surface area (Å²) in [6.45, 7) is 6.99. The van der Waals surface area contributed by atoms with E-state index in [9.17, 15) is 8.42 Å². The lowest BCUT2D eigenvalue weighted by Gasteiger charge is -2.22. The lowest BCUT2D eigenvalue weighted by atomic mass is 10.5. The molecular formula is C14H30IN3O3S. The maximum Gasteiger partial charge on any atom is 0.193 e. The second kappa shape index (κ2) is 11.4. The minimum atomic E-state index is -2.96. The molecular weight excluding hydrogens is 417 g/mol. The highest BCUT2D eigenvalue weighted by atomic mass is 127. The van der Waals surface area contributed by atoms with Gasteiger partial charge in [-0.1, -0.05) is 6.92 Å². The quantitative estimate of drug-likeness (QED) is 0.237. The van der Waals surface area contributed by atoms with Gasteiger partial charge in [-0.05, 0) is 25.7 Å². The molecule has 0 aromatic heterocycles. The fourth-order valence-electron chi connectivity index (χ4n) is 1.75. The fourth-order valence-corrected chi connectivity index (χ4v) is 2.40. The number of rotatable bonds is 10. The summed E-state index contributed by atoms with van der Waals surface area (Å²) in [6, 6.07) is 0. The van der Waals surface area contributed by atoms with E-state index in [4.69, 9.17) is 4.74 Å². The van der Waals surface area contributed by atoms with Crippen LogP contribution < -0.4 is 5.32 Å². The normalized spacial score (nSPS) is 15.3. The van der Waals surface area contributed by atoms with Crippen molar-refractivity contribution in [3.63, 3.8) is 0 Å². The van der Waals surface area contributed by atoms with Crippen LogP contribution in [0.2, 0.25) is 0 Å². The van der Waals surface area contributed by atoms with Crippen LogP contribution in [0, 0.1) is 5.92 Å². The van der Waals surface area contributed by atoms with Crippen LogP contribution in [0.5, 0.6) is 0 Å². The first-order valence-corrected chi connectivity index (χ1v) is 9.58. The van der Waals surface area contributed by atoms with Crippen LogP contribution in [0.4, 0.5) is 0 Å². The van der Waals surface area contributed by atoms with Crippen LogP contribution in [0.25, 0.3) is 0 Å². The number of halogens is 1. The molecule has 0 unspecified atom stereocenters. The molecule has 0 bridgehead atoms. The number of aliphatic imine (C=N–C) groups is 1. The van der Waals surface area contributed by atoms with Gasteiger partial charge in [-0.25, -0.2) is 8.42 Å². The van der Waals surface area contributed by atoms with Crippen molar-refractivity contribution >= 4 is 39.8 Å². The Morgan fingerprint density at radius 1 is 1.36 bits per heavy atom. The Morgan fingerprint density at radius 2 is 2.05 bits per heavy atom. The van der Waals surface area contributed by atoms with Crippen LogP contribution in [0.1, 0.15) is 26.7 Å². The van der Waals surface area contributed by atoms with Gasteiger partial charge in [-0.2, -0.15) is 0 Å². The van der Waals surface area contributed by atoms with Crippen molar-refractivity contribution in [3.8, 4) is 0 Å². The van der Waals surface area contributed by atoms with Crippen molar-refractivity contribution in [1.29, 1.82) is 0 Å². The monoisotopic (exact) mass is 447 g/mol. The number of nitrogens with zero attached hydrogens (tertiary/aromatic N) is 2. The van der Waals surface area contributed by atoms with Crippen molar-refractivity contribution < 1.29 is 13.2 Å². The number of ether oxygens (including phenoxy) is 1. The molecule has 1 fully saturated rings. The molecule has 0 amide bonds. The zero-order valence-electron chi connectivity index (χ0n) is 13.9. The highest BCUT2D eigenvalue weighted by molar-refractivity contribution is 14.0. The molecule has 0 heterocycles.